The number of morpholine rings is 1. The Labute approximate surface area is 159 Å². The lowest BCUT2D eigenvalue weighted by molar-refractivity contribution is -0.131. The van der Waals surface area contributed by atoms with Crippen LogP contribution in [0.2, 0.25) is 0 Å². The monoisotopic (exact) mass is 399 g/mol. The van der Waals surface area contributed by atoms with E-state index in [4.69, 9.17) is 4.74 Å². The van der Waals surface area contributed by atoms with Crippen LogP contribution in [0.25, 0.3) is 0 Å². The summed E-state index contributed by atoms with van der Waals surface area (Å²) < 4.78 is 47.5. The minimum atomic E-state index is -3.57. The molecule has 0 radical (unpaired) electrons. The van der Waals surface area contributed by atoms with Crippen molar-refractivity contribution < 1.29 is 22.3 Å². The normalized spacial score (nSPS) is 25.5. The van der Waals surface area contributed by atoms with Gasteiger partial charge in [0.15, 0.2) is 0 Å². The molecule has 2 heterocycles. The number of rotatable bonds is 4. The summed E-state index contributed by atoms with van der Waals surface area (Å²) in [5, 5.41) is 0. The number of nitrogens with zero attached hydrogens (tertiary/aromatic N) is 3. The molecule has 0 aromatic heterocycles. The van der Waals surface area contributed by atoms with Gasteiger partial charge in [-0.25, -0.2) is 4.39 Å². The van der Waals surface area contributed by atoms with Gasteiger partial charge in [-0.2, -0.15) is 17.0 Å². The highest BCUT2D eigenvalue weighted by molar-refractivity contribution is 7.86. The molecule has 0 saturated carbocycles. The van der Waals surface area contributed by atoms with Gasteiger partial charge in [0.2, 0.25) is 5.91 Å². The highest BCUT2D eigenvalue weighted by Crippen LogP contribution is 2.19. The molecule has 2 atom stereocenters. The molecule has 0 N–H and O–H groups in total. The minimum absolute atomic E-state index is 0.114. The fraction of sp³-hybridized carbons (Fsp3) is 0.611. The van der Waals surface area contributed by atoms with Crippen LogP contribution in [0.1, 0.15) is 19.4 Å². The average Bonchev–Trinajstić information content (AvgIpc) is 2.61. The van der Waals surface area contributed by atoms with Crippen molar-refractivity contribution in [3.8, 4) is 0 Å². The third kappa shape index (κ3) is 4.84. The summed E-state index contributed by atoms with van der Waals surface area (Å²) in [6, 6.07) is 5.97. The molecule has 27 heavy (non-hydrogen) atoms. The van der Waals surface area contributed by atoms with Crippen molar-refractivity contribution in [2.75, 3.05) is 39.3 Å². The van der Waals surface area contributed by atoms with E-state index in [1.807, 2.05) is 13.8 Å². The quantitative estimate of drug-likeness (QED) is 0.753. The zero-order valence-corrected chi connectivity index (χ0v) is 16.5. The predicted octanol–water partition coefficient (Wildman–Crippen LogP) is 0.866. The number of ether oxygens (including phenoxy) is 1. The van der Waals surface area contributed by atoms with E-state index >= 15 is 0 Å². The standard InChI is InChI=1S/C18H26FN3O4S/c1-14-12-22(13-15(2)26-14)27(24,25)21-8-6-20(7-9-21)18(23)11-16-4-3-5-17(19)10-16/h3-5,10,14-15H,6-9,11-13H2,1-2H3/t14-,15-/m1/s1. The number of carbonyl (C=O) groups is 1. The molecular formula is C18H26FN3O4S. The molecule has 0 bridgehead atoms. The fourth-order valence-electron chi connectivity index (χ4n) is 3.58. The Hall–Kier alpha value is -1.55. The lowest BCUT2D eigenvalue weighted by atomic mass is 10.1. The third-order valence-corrected chi connectivity index (χ3v) is 6.84. The Morgan fingerprint density at radius 1 is 1.11 bits per heavy atom. The van der Waals surface area contributed by atoms with Gasteiger partial charge in [0.05, 0.1) is 18.6 Å². The van der Waals surface area contributed by atoms with Crippen LogP contribution < -0.4 is 0 Å². The van der Waals surface area contributed by atoms with Crippen LogP contribution in [0.15, 0.2) is 24.3 Å². The first-order chi connectivity index (χ1) is 12.8. The zero-order chi connectivity index (χ0) is 19.6. The van der Waals surface area contributed by atoms with Gasteiger partial charge >= 0.3 is 0 Å². The van der Waals surface area contributed by atoms with Crippen molar-refractivity contribution in [3.05, 3.63) is 35.6 Å². The molecule has 2 aliphatic rings. The van der Waals surface area contributed by atoms with Crippen molar-refractivity contribution in [2.24, 2.45) is 0 Å². The van der Waals surface area contributed by atoms with E-state index in [-0.39, 0.29) is 43.4 Å². The number of halogens is 1. The summed E-state index contributed by atoms with van der Waals surface area (Å²) in [5.41, 5.74) is 0.617. The first kappa shape index (κ1) is 20.2. The van der Waals surface area contributed by atoms with Gasteiger partial charge in [-0.3, -0.25) is 4.79 Å². The minimum Gasteiger partial charge on any atom is -0.373 e. The van der Waals surface area contributed by atoms with Crippen molar-refractivity contribution in [1.82, 2.24) is 13.5 Å². The molecule has 1 aromatic rings. The van der Waals surface area contributed by atoms with Gasteiger partial charge in [0.25, 0.3) is 10.2 Å². The smallest absolute Gasteiger partial charge is 0.282 e. The predicted molar refractivity (Wildman–Crippen MR) is 98.8 cm³/mol. The van der Waals surface area contributed by atoms with Gasteiger partial charge in [-0.1, -0.05) is 12.1 Å². The number of carbonyl (C=O) groups excluding carboxylic acids is 1. The van der Waals surface area contributed by atoms with Crippen molar-refractivity contribution in [2.45, 2.75) is 32.5 Å². The van der Waals surface area contributed by atoms with Crippen molar-refractivity contribution in [3.63, 3.8) is 0 Å². The molecule has 0 unspecified atom stereocenters. The van der Waals surface area contributed by atoms with Crippen LogP contribution in [0.3, 0.4) is 0 Å². The van der Waals surface area contributed by atoms with E-state index in [0.29, 0.717) is 31.7 Å². The lowest BCUT2D eigenvalue weighted by Crippen LogP contribution is -2.57. The SMILES string of the molecule is C[C@@H]1CN(S(=O)(=O)N2CCN(C(=O)Cc3cccc(F)c3)CC2)C[C@@H](C)O1. The first-order valence-electron chi connectivity index (χ1n) is 9.18. The molecule has 2 aliphatic heterocycles. The van der Waals surface area contributed by atoms with Crippen LogP contribution in [0.4, 0.5) is 4.39 Å². The Kier molecular flexibility index (Phi) is 6.15. The van der Waals surface area contributed by atoms with Crippen molar-refractivity contribution >= 4 is 16.1 Å². The number of amides is 1. The molecular weight excluding hydrogens is 373 g/mol. The maximum atomic E-state index is 13.3. The van der Waals surface area contributed by atoms with E-state index in [9.17, 15) is 17.6 Å². The average molecular weight is 399 g/mol. The second kappa shape index (κ2) is 8.22. The molecule has 2 fully saturated rings. The molecule has 9 heteroatoms. The van der Waals surface area contributed by atoms with Crippen molar-refractivity contribution in [1.29, 1.82) is 0 Å². The van der Waals surface area contributed by atoms with Gasteiger partial charge in [-0.05, 0) is 31.5 Å². The number of hydrogen-bond acceptors (Lipinski definition) is 4. The molecule has 1 aromatic carbocycles. The Morgan fingerprint density at radius 2 is 1.74 bits per heavy atom. The highest BCUT2D eigenvalue weighted by Gasteiger charge is 2.37. The Balaban J connectivity index is 1.57. The summed E-state index contributed by atoms with van der Waals surface area (Å²) in [6.07, 6.45) is -0.168. The molecule has 0 aliphatic carbocycles. The summed E-state index contributed by atoms with van der Waals surface area (Å²) in [4.78, 5) is 14.1. The Bertz CT molecular complexity index is 771. The molecule has 0 spiro atoms. The number of piperazine rings is 1. The van der Waals surface area contributed by atoms with E-state index in [1.165, 1.54) is 20.7 Å². The second-order valence-corrected chi connectivity index (χ2v) is 9.10. The van der Waals surface area contributed by atoms with E-state index in [0.717, 1.165) is 0 Å². The molecule has 3 rings (SSSR count). The third-order valence-electron chi connectivity index (χ3n) is 4.87. The molecule has 150 valence electrons. The largest absolute Gasteiger partial charge is 0.373 e. The Morgan fingerprint density at radius 3 is 2.33 bits per heavy atom. The van der Waals surface area contributed by atoms with Crippen LogP contribution in [-0.2, 0) is 26.2 Å². The second-order valence-electron chi connectivity index (χ2n) is 7.17. The van der Waals surface area contributed by atoms with Crippen LogP contribution in [0, 0.1) is 5.82 Å². The van der Waals surface area contributed by atoms with E-state index in [1.54, 1.807) is 17.0 Å². The zero-order valence-electron chi connectivity index (χ0n) is 15.7. The van der Waals surface area contributed by atoms with Crippen LogP contribution in [-0.4, -0.2) is 79.3 Å². The maximum absolute atomic E-state index is 13.3. The van der Waals surface area contributed by atoms with Gasteiger partial charge in [-0.15, -0.1) is 0 Å². The summed E-state index contributed by atoms with van der Waals surface area (Å²) in [6.45, 7) is 5.60. The summed E-state index contributed by atoms with van der Waals surface area (Å²) in [7, 11) is -3.57. The number of hydrogen-bond donors (Lipinski definition) is 0. The van der Waals surface area contributed by atoms with Gasteiger partial charge in [0.1, 0.15) is 5.82 Å². The van der Waals surface area contributed by atoms with Crippen LogP contribution in [0.5, 0.6) is 0 Å². The van der Waals surface area contributed by atoms with E-state index < -0.39 is 10.2 Å². The molecule has 7 nitrogen and oxygen atoms in total. The molecule has 1 amide bonds. The maximum Gasteiger partial charge on any atom is 0.282 e. The first-order valence-corrected chi connectivity index (χ1v) is 10.6. The summed E-state index contributed by atoms with van der Waals surface area (Å²) in [5.74, 6) is -0.489. The topological polar surface area (TPSA) is 70.2 Å². The van der Waals surface area contributed by atoms with Gasteiger partial charge in [0, 0.05) is 39.3 Å². The lowest BCUT2D eigenvalue weighted by Gasteiger charge is -2.40. The summed E-state index contributed by atoms with van der Waals surface area (Å²) >= 11 is 0. The highest BCUT2D eigenvalue weighted by atomic mass is 32.2. The number of benzene rings is 1. The fourth-order valence-corrected chi connectivity index (χ4v) is 5.33. The molecule has 2 saturated heterocycles. The van der Waals surface area contributed by atoms with Crippen LogP contribution >= 0.6 is 0 Å². The van der Waals surface area contributed by atoms with E-state index in [2.05, 4.69) is 0 Å². The van der Waals surface area contributed by atoms with Gasteiger partial charge < -0.3 is 9.64 Å².